The molecule has 2 rings (SSSR count). The molecule has 2 amide bonds. The second-order valence-corrected chi connectivity index (χ2v) is 10.6. The van der Waals surface area contributed by atoms with Crippen LogP contribution < -0.4 is 5.32 Å². The molecule has 1 heterocycles. The lowest BCUT2D eigenvalue weighted by Crippen LogP contribution is -2.54. The molecule has 2 unspecified atom stereocenters. The van der Waals surface area contributed by atoms with E-state index in [1.165, 1.54) is 0 Å². The smallest absolute Gasteiger partial charge is 0.239 e. The third-order valence-electron chi connectivity index (χ3n) is 7.12. The zero-order valence-corrected chi connectivity index (χ0v) is 24.5. The number of unbranched alkanes of at least 4 members (excludes halogenated alkanes) is 3. The second-order valence-electron chi connectivity index (χ2n) is 10.6. The fourth-order valence-electron chi connectivity index (χ4n) is 5.27. The van der Waals surface area contributed by atoms with Crippen molar-refractivity contribution in [2.75, 3.05) is 53.9 Å². The van der Waals surface area contributed by atoms with Gasteiger partial charge >= 0.3 is 0 Å². The third kappa shape index (κ3) is 7.26. The van der Waals surface area contributed by atoms with Gasteiger partial charge in [-0.2, -0.15) is 0 Å². The maximum atomic E-state index is 13.0. The number of methoxy groups -OCH3 is 1. The number of hydrogen-bond donors (Lipinski definition) is 1. The van der Waals surface area contributed by atoms with Crippen LogP contribution in [-0.4, -0.2) is 111 Å². The summed E-state index contributed by atoms with van der Waals surface area (Å²) in [7, 11) is 5.19. The van der Waals surface area contributed by atoms with Crippen LogP contribution in [0.25, 0.3) is 0 Å². The van der Waals surface area contributed by atoms with Gasteiger partial charge in [0.15, 0.2) is 0 Å². The second kappa shape index (κ2) is 14.3. The van der Waals surface area contributed by atoms with Crippen LogP contribution in [0.4, 0.5) is 0 Å². The topological polar surface area (TPSA) is 121 Å². The standard InChI is InChI=1S/C28H45N5O6/c1-21(2)39-22-18-27(3,38-7)24(32(6)19-23(37)29-12-10-8-9-11-16-34)25(31(5)15-17-35)28(22,4)26-30-13-14-33(26)20-36/h16-18,20-21H,8-15,19H2,1-7H3,(H,29,37). The van der Waals surface area contributed by atoms with Crippen LogP contribution in [0.2, 0.25) is 0 Å². The van der Waals surface area contributed by atoms with Crippen LogP contribution in [0.15, 0.2) is 28.2 Å². The van der Waals surface area contributed by atoms with Crippen molar-refractivity contribution < 1.29 is 28.7 Å². The molecule has 1 N–H and O–H groups in total. The molecule has 11 nitrogen and oxygen atoms in total. The molecule has 0 aromatic carbocycles. The Labute approximate surface area is 232 Å². The number of likely N-dealkylation sites (N-methyl/N-ethyl adjacent to an activating group) is 2. The van der Waals surface area contributed by atoms with Gasteiger partial charge in [0.2, 0.25) is 12.3 Å². The largest absolute Gasteiger partial charge is 0.494 e. The number of ether oxygens (including phenoxy) is 2. The summed E-state index contributed by atoms with van der Waals surface area (Å²) in [4.78, 5) is 57.1. The predicted octanol–water partition coefficient (Wildman–Crippen LogP) is 1.74. The Hall–Kier alpha value is -3.21. The molecular formula is C28H45N5O6. The Morgan fingerprint density at radius 2 is 1.85 bits per heavy atom. The van der Waals surface area contributed by atoms with Gasteiger partial charge in [-0.25, -0.2) is 0 Å². The maximum Gasteiger partial charge on any atom is 0.239 e. The highest BCUT2D eigenvalue weighted by atomic mass is 16.5. The molecule has 1 aliphatic carbocycles. The number of nitrogens with zero attached hydrogens (tertiary/aromatic N) is 4. The van der Waals surface area contributed by atoms with E-state index in [0.29, 0.717) is 49.0 Å². The minimum absolute atomic E-state index is 0.0369. The summed E-state index contributed by atoms with van der Waals surface area (Å²) in [6.45, 7) is 9.16. The van der Waals surface area contributed by atoms with Crippen molar-refractivity contribution in [3.05, 3.63) is 23.2 Å². The Balaban J connectivity index is 2.59. The van der Waals surface area contributed by atoms with Gasteiger partial charge in [0.1, 0.15) is 35.2 Å². The van der Waals surface area contributed by atoms with Gasteiger partial charge in [-0.05, 0) is 46.6 Å². The van der Waals surface area contributed by atoms with Crippen LogP contribution in [0, 0.1) is 5.41 Å². The summed E-state index contributed by atoms with van der Waals surface area (Å²) in [6, 6.07) is 0. The molecule has 0 fully saturated rings. The van der Waals surface area contributed by atoms with Crippen LogP contribution in [-0.2, 0) is 28.7 Å². The molecule has 0 aromatic rings. The van der Waals surface area contributed by atoms with Gasteiger partial charge in [0.05, 0.1) is 37.1 Å². The summed E-state index contributed by atoms with van der Waals surface area (Å²) >= 11 is 0. The van der Waals surface area contributed by atoms with E-state index >= 15 is 0 Å². The highest BCUT2D eigenvalue weighted by Gasteiger charge is 2.54. The van der Waals surface area contributed by atoms with Crippen LogP contribution in [0.3, 0.4) is 0 Å². The van der Waals surface area contributed by atoms with Crippen molar-refractivity contribution in [2.45, 2.75) is 65.1 Å². The maximum absolute atomic E-state index is 13.0. The molecule has 39 heavy (non-hydrogen) atoms. The van der Waals surface area contributed by atoms with E-state index in [-0.39, 0.29) is 25.1 Å². The lowest BCUT2D eigenvalue weighted by molar-refractivity contribution is -0.122. The fraction of sp³-hybridized carbons (Fsp3) is 0.679. The van der Waals surface area contributed by atoms with Gasteiger partial charge in [-0.1, -0.05) is 6.42 Å². The zero-order valence-electron chi connectivity index (χ0n) is 24.5. The summed E-state index contributed by atoms with van der Waals surface area (Å²) in [6.07, 6.45) is 7.15. The number of aliphatic imine (C=N–C) groups is 1. The Morgan fingerprint density at radius 3 is 2.44 bits per heavy atom. The van der Waals surface area contributed by atoms with Crippen LogP contribution >= 0.6 is 0 Å². The molecule has 0 saturated heterocycles. The molecule has 2 atom stereocenters. The lowest BCUT2D eigenvalue weighted by Gasteiger charge is -2.50. The number of aldehydes is 2. The number of amides is 2. The highest BCUT2D eigenvalue weighted by molar-refractivity contribution is 6.00. The van der Waals surface area contributed by atoms with Gasteiger partial charge in [0.25, 0.3) is 0 Å². The number of nitrogens with one attached hydrogen (secondary N) is 1. The van der Waals surface area contributed by atoms with E-state index < -0.39 is 11.0 Å². The molecule has 0 spiro atoms. The van der Waals surface area contributed by atoms with E-state index in [4.69, 9.17) is 14.5 Å². The number of hydrogen-bond acceptors (Lipinski definition) is 9. The van der Waals surface area contributed by atoms with Crippen molar-refractivity contribution in [1.29, 1.82) is 0 Å². The van der Waals surface area contributed by atoms with Gasteiger partial charge in [-0.15, -0.1) is 0 Å². The lowest BCUT2D eigenvalue weighted by atomic mass is 9.72. The molecular weight excluding hydrogens is 502 g/mol. The number of carbonyl (C=O) groups excluding carboxylic acids is 4. The number of carbonyl (C=O) groups is 4. The van der Waals surface area contributed by atoms with Gasteiger partial charge < -0.3 is 39.1 Å². The average molecular weight is 548 g/mol. The summed E-state index contributed by atoms with van der Waals surface area (Å²) in [5, 5.41) is 2.95. The zero-order chi connectivity index (χ0) is 29.2. The number of rotatable bonds is 17. The Bertz CT molecular complexity index is 993. The summed E-state index contributed by atoms with van der Waals surface area (Å²) in [5.74, 6) is 0.902. The van der Waals surface area contributed by atoms with Gasteiger partial charge in [-0.3, -0.25) is 14.6 Å². The van der Waals surface area contributed by atoms with Crippen LogP contribution in [0.5, 0.6) is 0 Å². The van der Waals surface area contributed by atoms with E-state index in [2.05, 4.69) is 5.32 Å². The van der Waals surface area contributed by atoms with E-state index in [9.17, 15) is 19.2 Å². The van der Waals surface area contributed by atoms with E-state index in [1.54, 1.807) is 19.1 Å². The first-order valence-electron chi connectivity index (χ1n) is 13.5. The first-order valence-corrected chi connectivity index (χ1v) is 13.5. The first-order chi connectivity index (χ1) is 18.5. The molecule has 1 aliphatic heterocycles. The third-order valence-corrected chi connectivity index (χ3v) is 7.12. The molecule has 2 aliphatic rings. The van der Waals surface area contributed by atoms with Crippen molar-refractivity contribution in [3.8, 4) is 0 Å². The molecule has 0 saturated carbocycles. The minimum Gasteiger partial charge on any atom is -0.494 e. The highest BCUT2D eigenvalue weighted by Crippen LogP contribution is 2.50. The molecule has 0 bridgehead atoms. The molecule has 0 aromatic heterocycles. The van der Waals surface area contributed by atoms with E-state index in [0.717, 1.165) is 38.2 Å². The first kappa shape index (κ1) is 32.0. The summed E-state index contributed by atoms with van der Waals surface area (Å²) < 4.78 is 12.4. The SMILES string of the molecule is COC1(C)C=C(OC(C)C)C(C)(C2=NCCN2C=O)C(N(C)CC=O)=C1N(C)CC(=O)NCCCCCC=O. The predicted molar refractivity (Wildman–Crippen MR) is 149 cm³/mol. The molecule has 0 radical (unpaired) electrons. The number of amidine groups is 1. The monoisotopic (exact) mass is 547 g/mol. The van der Waals surface area contributed by atoms with Crippen LogP contribution in [0.1, 0.15) is 53.4 Å². The van der Waals surface area contributed by atoms with Gasteiger partial charge in [0, 0.05) is 40.7 Å². The van der Waals surface area contributed by atoms with Crippen molar-refractivity contribution in [1.82, 2.24) is 20.0 Å². The molecule has 11 heteroatoms. The summed E-state index contributed by atoms with van der Waals surface area (Å²) in [5.41, 5.74) is -0.746. The normalized spacial score (nSPS) is 22.8. The Morgan fingerprint density at radius 1 is 1.13 bits per heavy atom. The quantitative estimate of drug-likeness (QED) is 0.216. The Kier molecular flexibility index (Phi) is 11.7. The minimum atomic E-state index is -1.05. The average Bonchev–Trinajstić information content (AvgIpc) is 3.37. The van der Waals surface area contributed by atoms with Crippen molar-refractivity contribution in [3.63, 3.8) is 0 Å². The van der Waals surface area contributed by atoms with Crippen molar-refractivity contribution >= 4 is 30.7 Å². The van der Waals surface area contributed by atoms with E-state index in [1.807, 2.05) is 50.6 Å². The fourth-order valence-corrected chi connectivity index (χ4v) is 5.27. The van der Waals surface area contributed by atoms with Crippen molar-refractivity contribution in [2.24, 2.45) is 10.4 Å². The molecule has 218 valence electrons.